The van der Waals surface area contributed by atoms with E-state index in [2.05, 4.69) is 15.5 Å². The third-order valence-corrected chi connectivity index (χ3v) is 6.56. The maximum atomic E-state index is 13.3. The molecule has 9 heteroatoms. The molecule has 0 saturated carbocycles. The predicted molar refractivity (Wildman–Crippen MR) is 158 cm³/mol. The molecule has 5 rings (SSSR count). The van der Waals surface area contributed by atoms with Crippen LogP contribution in [-0.4, -0.2) is 29.7 Å². The lowest BCUT2D eigenvalue weighted by atomic mass is 10.0. The summed E-state index contributed by atoms with van der Waals surface area (Å²) in [6.45, 7) is 2.19. The van der Waals surface area contributed by atoms with E-state index in [0.717, 1.165) is 10.9 Å². The number of amides is 1. The fourth-order valence-electron chi connectivity index (χ4n) is 4.19. The van der Waals surface area contributed by atoms with Crippen molar-refractivity contribution in [3.63, 3.8) is 0 Å². The second-order valence-corrected chi connectivity index (χ2v) is 9.48. The number of aromatic amines is 1. The number of nitrogens with zero attached hydrogens (tertiary/aromatic N) is 1. The van der Waals surface area contributed by atoms with E-state index in [0.29, 0.717) is 50.3 Å². The summed E-state index contributed by atoms with van der Waals surface area (Å²) in [5.74, 6) is -0.310. The number of rotatable bonds is 8. The minimum atomic E-state index is -0.496. The first-order chi connectivity index (χ1) is 19.4. The molecule has 0 aliphatic heterocycles. The van der Waals surface area contributed by atoms with Gasteiger partial charge >= 0.3 is 5.97 Å². The van der Waals surface area contributed by atoms with Gasteiger partial charge in [0.15, 0.2) is 11.5 Å². The third kappa shape index (κ3) is 5.86. The number of esters is 1. The fourth-order valence-corrected chi connectivity index (χ4v) is 4.59. The van der Waals surface area contributed by atoms with Gasteiger partial charge in [0.2, 0.25) is 0 Å². The molecule has 0 bridgehead atoms. The molecule has 0 atom stereocenters. The van der Waals surface area contributed by atoms with E-state index in [1.807, 2.05) is 31.2 Å². The molecule has 0 saturated heterocycles. The molecule has 1 aromatic heterocycles. The highest BCUT2D eigenvalue weighted by molar-refractivity contribution is 6.34. The van der Waals surface area contributed by atoms with Gasteiger partial charge in [-0.05, 0) is 67.1 Å². The molecule has 4 aromatic carbocycles. The topological polar surface area (TPSA) is 92.8 Å². The highest BCUT2D eigenvalue weighted by Gasteiger charge is 2.21. The van der Waals surface area contributed by atoms with Crippen LogP contribution in [-0.2, 0) is 0 Å². The zero-order valence-corrected chi connectivity index (χ0v) is 22.8. The number of hydrogen-bond acceptors (Lipinski definition) is 5. The van der Waals surface area contributed by atoms with Crippen molar-refractivity contribution < 1.29 is 19.1 Å². The van der Waals surface area contributed by atoms with Crippen molar-refractivity contribution in [1.82, 2.24) is 10.4 Å². The summed E-state index contributed by atoms with van der Waals surface area (Å²) in [7, 11) is 0. The Morgan fingerprint density at radius 3 is 2.48 bits per heavy atom. The number of ether oxygens (including phenoxy) is 2. The van der Waals surface area contributed by atoms with Gasteiger partial charge in [0.25, 0.3) is 5.91 Å². The minimum absolute atomic E-state index is 0.276. The molecule has 0 radical (unpaired) electrons. The highest BCUT2D eigenvalue weighted by atomic mass is 35.5. The normalized spacial score (nSPS) is 11.1. The Morgan fingerprint density at radius 1 is 0.925 bits per heavy atom. The molecule has 0 aliphatic rings. The van der Waals surface area contributed by atoms with Crippen molar-refractivity contribution in [3.8, 4) is 22.6 Å². The summed E-state index contributed by atoms with van der Waals surface area (Å²) >= 11 is 12.7. The zero-order valence-electron chi connectivity index (χ0n) is 21.3. The molecule has 200 valence electrons. The van der Waals surface area contributed by atoms with Gasteiger partial charge < -0.3 is 14.5 Å². The number of carbonyl (C=O) groups is 2. The minimum Gasteiger partial charge on any atom is -0.490 e. The third-order valence-electron chi connectivity index (χ3n) is 5.99. The molecule has 0 fully saturated rings. The van der Waals surface area contributed by atoms with Crippen LogP contribution < -0.4 is 14.9 Å². The molecule has 0 unspecified atom stereocenters. The molecule has 1 amide bonds. The van der Waals surface area contributed by atoms with Crippen LogP contribution in [0.5, 0.6) is 11.5 Å². The second kappa shape index (κ2) is 12.1. The predicted octanol–water partition coefficient (Wildman–Crippen LogP) is 7.52. The number of H-pyrrole nitrogens is 1. The van der Waals surface area contributed by atoms with Gasteiger partial charge in [-0.3, -0.25) is 4.79 Å². The van der Waals surface area contributed by atoms with Gasteiger partial charge in [-0.25, -0.2) is 10.2 Å². The molecule has 0 aliphatic carbocycles. The number of benzene rings is 4. The van der Waals surface area contributed by atoms with Crippen LogP contribution in [0.1, 0.15) is 33.3 Å². The quantitative estimate of drug-likeness (QED) is 0.0871. The number of aromatic nitrogens is 1. The van der Waals surface area contributed by atoms with E-state index in [9.17, 15) is 9.59 Å². The van der Waals surface area contributed by atoms with Crippen molar-refractivity contribution in [3.05, 3.63) is 118 Å². The summed E-state index contributed by atoms with van der Waals surface area (Å²) in [6.07, 6.45) is 1.47. The molecular formula is C31H23Cl2N3O4. The number of carbonyl (C=O) groups excluding carboxylic acids is 2. The Hall–Kier alpha value is -4.59. The second-order valence-electron chi connectivity index (χ2n) is 8.64. The smallest absolute Gasteiger partial charge is 0.343 e. The summed E-state index contributed by atoms with van der Waals surface area (Å²) < 4.78 is 11.2. The first kappa shape index (κ1) is 27.0. The summed E-state index contributed by atoms with van der Waals surface area (Å²) in [6, 6.07) is 26.3. The number of hydrazone groups is 1. The molecular weight excluding hydrogens is 549 g/mol. The first-order valence-electron chi connectivity index (χ1n) is 12.4. The lowest BCUT2D eigenvalue weighted by molar-refractivity contribution is 0.0728. The van der Waals surface area contributed by atoms with Crippen LogP contribution in [0.4, 0.5) is 0 Å². The molecule has 1 heterocycles. The van der Waals surface area contributed by atoms with Crippen molar-refractivity contribution in [2.24, 2.45) is 5.10 Å². The van der Waals surface area contributed by atoms with Crippen LogP contribution in [0.15, 0.2) is 96.1 Å². The Balaban J connectivity index is 1.38. The highest BCUT2D eigenvalue weighted by Crippen LogP contribution is 2.37. The Morgan fingerprint density at radius 2 is 1.70 bits per heavy atom. The molecule has 2 N–H and O–H groups in total. The van der Waals surface area contributed by atoms with E-state index in [1.54, 1.807) is 66.7 Å². The van der Waals surface area contributed by atoms with Gasteiger partial charge in [0, 0.05) is 32.1 Å². The molecule has 5 aromatic rings. The van der Waals surface area contributed by atoms with E-state index < -0.39 is 11.9 Å². The average Bonchev–Trinajstić information content (AvgIpc) is 3.33. The van der Waals surface area contributed by atoms with Gasteiger partial charge in [-0.15, -0.1) is 0 Å². The lowest BCUT2D eigenvalue weighted by Gasteiger charge is -2.11. The Kier molecular flexibility index (Phi) is 8.15. The van der Waals surface area contributed by atoms with Crippen LogP contribution in [0.25, 0.3) is 22.0 Å². The first-order valence-corrected chi connectivity index (χ1v) is 13.1. The Labute approximate surface area is 240 Å². The van der Waals surface area contributed by atoms with Crippen LogP contribution >= 0.6 is 23.2 Å². The standard InChI is InChI=1S/C31H23Cl2N3O4/c1-2-39-27-16-19(12-15-26(27)40-31(38)20-8-4-3-5-9-20)18-34-36-30(37)29-28(22-10-6-7-11-24(22)33)23-17-21(32)13-14-25(23)35-29/h3-18,35H,2H2,1H3,(H,36,37). The van der Waals surface area contributed by atoms with Crippen LogP contribution in [0.3, 0.4) is 0 Å². The summed E-state index contributed by atoms with van der Waals surface area (Å²) in [4.78, 5) is 28.9. The van der Waals surface area contributed by atoms with Gasteiger partial charge in [-0.2, -0.15) is 5.10 Å². The largest absolute Gasteiger partial charge is 0.490 e. The van der Waals surface area contributed by atoms with Crippen LogP contribution in [0, 0.1) is 0 Å². The number of nitrogens with one attached hydrogen (secondary N) is 2. The molecule has 40 heavy (non-hydrogen) atoms. The summed E-state index contributed by atoms with van der Waals surface area (Å²) in [5, 5.41) is 5.93. The van der Waals surface area contributed by atoms with E-state index in [-0.39, 0.29) is 5.75 Å². The zero-order chi connectivity index (χ0) is 28.1. The van der Waals surface area contributed by atoms with Crippen molar-refractivity contribution in [2.45, 2.75) is 6.92 Å². The van der Waals surface area contributed by atoms with Gasteiger partial charge in [-0.1, -0.05) is 59.6 Å². The monoisotopic (exact) mass is 571 g/mol. The van der Waals surface area contributed by atoms with E-state index in [1.165, 1.54) is 6.21 Å². The SMILES string of the molecule is CCOc1cc(C=NNC(=O)c2[nH]c3ccc(Cl)cc3c2-c2ccccc2Cl)ccc1OC(=O)c1ccccc1. The number of halogens is 2. The van der Waals surface area contributed by atoms with Crippen LogP contribution in [0.2, 0.25) is 10.0 Å². The number of hydrogen-bond donors (Lipinski definition) is 2. The fraction of sp³-hybridized carbons (Fsp3) is 0.0645. The Bertz CT molecular complexity index is 1730. The van der Waals surface area contributed by atoms with E-state index in [4.69, 9.17) is 32.7 Å². The maximum absolute atomic E-state index is 13.3. The van der Waals surface area contributed by atoms with Crippen molar-refractivity contribution in [2.75, 3.05) is 6.61 Å². The maximum Gasteiger partial charge on any atom is 0.343 e. The van der Waals surface area contributed by atoms with Gasteiger partial charge in [0.05, 0.1) is 18.4 Å². The molecule has 0 spiro atoms. The lowest BCUT2D eigenvalue weighted by Crippen LogP contribution is -2.19. The molecule has 7 nitrogen and oxygen atoms in total. The van der Waals surface area contributed by atoms with Crippen molar-refractivity contribution >= 4 is 52.2 Å². The van der Waals surface area contributed by atoms with Gasteiger partial charge in [0.1, 0.15) is 5.69 Å². The summed E-state index contributed by atoms with van der Waals surface area (Å²) in [5.41, 5.74) is 5.95. The number of fused-ring (bicyclic) bond motifs is 1. The van der Waals surface area contributed by atoms with E-state index >= 15 is 0 Å². The average molecular weight is 572 g/mol. The van der Waals surface area contributed by atoms with Crippen molar-refractivity contribution in [1.29, 1.82) is 0 Å².